The molecule has 2 aliphatic heterocycles. The third kappa shape index (κ3) is 8.72. The number of benzene rings is 1. The van der Waals surface area contributed by atoms with E-state index in [9.17, 15) is 9.59 Å². The molecule has 1 unspecified atom stereocenters. The van der Waals surface area contributed by atoms with Crippen molar-refractivity contribution in [3.8, 4) is 0 Å². The van der Waals surface area contributed by atoms with Gasteiger partial charge in [0.2, 0.25) is 0 Å². The fraction of sp³-hybridized carbons (Fsp3) is 0.733. The zero-order chi connectivity index (χ0) is 29.4. The molecule has 1 aromatic carbocycles. The van der Waals surface area contributed by atoms with Gasteiger partial charge in [-0.3, -0.25) is 0 Å². The van der Waals surface area contributed by atoms with E-state index in [1.807, 2.05) is 57.4 Å². The third-order valence-corrected chi connectivity index (χ3v) is 15.0. The number of rotatable bonds is 5. The van der Waals surface area contributed by atoms with Crippen molar-refractivity contribution in [1.29, 1.82) is 0 Å². The molecule has 0 radical (unpaired) electrons. The Hall–Kier alpha value is -1.54. The van der Waals surface area contributed by atoms with Gasteiger partial charge >= 0.3 is 244 Å². The Morgan fingerprint density at radius 3 is 1.95 bits per heavy atom. The zero-order valence-electron chi connectivity index (χ0n) is 25.9. The van der Waals surface area contributed by atoms with Crippen LogP contribution in [-0.4, -0.2) is 88.2 Å². The van der Waals surface area contributed by atoms with Gasteiger partial charge in [-0.2, -0.15) is 0 Å². The molecule has 2 fully saturated rings. The third-order valence-electron chi connectivity index (χ3n) is 7.69. The number of likely N-dealkylation sites (tertiary alicyclic amines) is 2. The Labute approximate surface area is 243 Å². The van der Waals surface area contributed by atoms with Crippen LogP contribution in [0.4, 0.5) is 9.59 Å². The molecule has 7 nitrogen and oxygen atoms in total. The Kier molecular flexibility index (Phi) is 9.63. The van der Waals surface area contributed by atoms with Crippen molar-refractivity contribution in [2.75, 3.05) is 19.6 Å². The van der Waals surface area contributed by atoms with E-state index in [2.05, 4.69) is 58.1 Å². The summed E-state index contributed by atoms with van der Waals surface area (Å²) in [6.45, 7) is 24.4. The number of carbonyl (C=O) groups is 2. The summed E-state index contributed by atoms with van der Waals surface area (Å²) in [7, 11) is -2.05. The van der Waals surface area contributed by atoms with Crippen LogP contribution in [0.25, 0.3) is 0 Å². The molecule has 2 amide bonds. The van der Waals surface area contributed by atoms with Crippen molar-refractivity contribution in [1.82, 2.24) is 9.80 Å². The van der Waals surface area contributed by atoms with E-state index in [-0.39, 0.29) is 55.1 Å². The molecule has 3 rings (SSSR count). The molecule has 220 valence electrons. The van der Waals surface area contributed by atoms with Gasteiger partial charge in [0, 0.05) is 0 Å². The average molecular weight is 626 g/mol. The zero-order valence-corrected chi connectivity index (χ0v) is 28.6. The SMILES string of the molecule is CC(C)(C)OC(=O)N1CC([Se]c2ccccc2)[C@H]([C@@H]2C[C@@H](O[Si](C)(C)C(C)(C)C)CN2C(=O)OC(C)(C)C)C1. The van der Waals surface area contributed by atoms with Gasteiger partial charge in [0.15, 0.2) is 0 Å². The summed E-state index contributed by atoms with van der Waals surface area (Å²) < 4.78 is 19.8. The molecule has 2 heterocycles. The number of hydrogen-bond donors (Lipinski definition) is 0. The minimum atomic E-state index is -2.05. The van der Waals surface area contributed by atoms with Gasteiger partial charge in [0.05, 0.1) is 0 Å². The monoisotopic (exact) mass is 626 g/mol. The second-order valence-corrected chi connectivity index (χ2v) is 22.0. The Balaban J connectivity index is 1.92. The summed E-state index contributed by atoms with van der Waals surface area (Å²) >= 11 is 0.126. The second kappa shape index (κ2) is 11.7. The number of carbonyl (C=O) groups excluding carboxylic acids is 2. The van der Waals surface area contributed by atoms with Crippen molar-refractivity contribution < 1.29 is 23.5 Å². The Morgan fingerprint density at radius 1 is 0.846 bits per heavy atom. The van der Waals surface area contributed by atoms with E-state index in [0.29, 0.717) is 19.6 Å². The van der Waals surface area contributed by atoms with Gasteiger partial charge in [-0.25, -0.2) is 0 Å². The van der Waals surface area contributed by atoms with Gasteiger partial charge in [0.1, 0.15) is 0 Å². The summed E-state index contributed by atoms with van der Waals surface area (Å²) in [6, 6.07) is 10.4. The topological polar surface area (TPSA) is 68.3 Å². The van der Waals surface area contributed by atoms with Gasteiger partial charge in [-0.05, 0) is 0 Å². The van der Waals surface area contributed by atoms with E-state index in [1.165, 1.54) is 4.46 Å². The standard InChI is InChI=1S/C30H50N2O5SeSi/c1-28(2,3)35-26(33)31-19-23(25(20-31)38-22-15-13-12-14-16-22)24-17-21(37-39(10,11)30(7,8)9)18-32(24)27(34)36-29(4,5)6/h12-16,21,23-25H,17-20H2,1-11H3/t21-,23+,24+,25?/m1/s1. The maximum atomic E-state index is 13.6. The van der Waals surface area contributed by atoms with Crippen LogP contribution in [-0.2, 0) is 13.9 Å². The van der Waals surface area contributed by atoms with E-state index < -0.39 is 19.5 Å². The van der Waals surface area contributed by atoms with Gasteiger partial charge in [-0.1, -0.05) is 0 Å². The van der Waals surface area contributed by atoms with Crippen LogP contribution < -0.4 is 4.46 Å². The first-order valence-electron chi connectivity index (χ1n) is 14.1. The fourth-order valence-electron chi connectivity index (χ4n) is 4.88. The normalized spacial score (nSPS) is 24.7. The summed E-state index contributed by atoms with van der Waals surface area (Å²) in [5.74, 6) is 0.109. The van der Waals surface area contributed by atoms with Crippen molar-refractivity contribution in [2.45, 2.75) is 115 Å². The molecule has 0 aliphatic carbocycles. The van der Waals surface area contributed by atoms with E-state index in [0.717, 1.165) is 6.42 Å². The molecular formula is C30H50N2O5SeSi. The van der Waals surface area contributed by atoms with Crippen molar-refractivity contribution in [2.24, 2.45) is 5.92 Å². The minimum absolute atomic E-state index is 0.0520. The number of nitrogens with zero attached hydrogens (tertiary/aromatic N) is 2. The van der Waals surface area contributed by atoms with Gasteiger partial charge in [-0.15, -0.1) is 0 Å². The van der Waals surface area contributed by atoms with Gasteiger partial charge < -0.3 is 0 Å². The van der Waals surface area contributed by atoms with Crippen LogP contribution in [0.5, 0.6) is 0 Å². The molecule has 0 bridgehead atoms. The van der Waals surface area contributed by atoms with E-state index >= 15 is 0 Å². The molecule has 39 heavy (non-hydrogen) atoms. The van der Waals surface area contributed by atoms with Crippen LogP contribution in [0, 0.1) is 5.92 Å². The number of hydrogen-bond acceptors (Lipinski definition) is 5. The van der Waals surface area contributed by atoms with Crippen LogP contribution >= 0.6 is 0 Å². The molecule has 0 saturated carbocycles. The first-order chi connectivity index (χ1) is 17.8. The summed E-state index contributed by atoms with van der Waals surface area (Å²) in [6.07, 6.45) is 0.120. The predicted molar refractivity (Wildman–Crippen MR) is 160 cm³/mol. The molecular weight excluding hydrogens is 575 g/mol. The molecule has 0 N–H and O–H groups in total. The quantitative estimate of drug-likeness (QED) is 0.372. The first-order valence-corrected chi connectivity index (χ1v) is 18.9. The van der Waals surface area contributed by atoms with E-state index in [4.69, 9.17) is 13.9 Å². The maximum absolute atomic E-state index is 13.6. The van der Waals surface area contributed by atoms with Crippen molar-refractivity contribution in [3.63, 3.8) is 0 Å². The first kappa shape index (κ1) is 32.0. The summed E-state index contributed by atoms with van der Waals surface area (Å²) in [5.41, 5.74) is -1.15. The second-order valence-electron chi connectivity index (χ2n) is 14.5. The molecule has 1 aromatic rings. The van der Waals surface area contributed by atoms with Crippen LogP contribution in [0.15, 0.2) is 30.3 Å². The van der Waals surface area contributed by atoms with Crippen LogP contribution in [0.1, 0.15) is 68.7 Å². The Bertz CT molecular complexity index is 999. The number of ether oxygens (including phenoxy) is 2. The molecule has 9 heteroatoms. The predicted octanol–water partition coefficient (Wildman–Crippen LogP) is 6.07. The number of amides is 2. The van der Waals surface area contributed by atoms with Gasteiger partial charge in [0.25, 0.3) is 0 Å². The van der Waals surface area contributed by atoms with Crippen molar-refractivity contribution in [3.05, 3.63) is 30.3 Å². The van der Waals surface area contributed by atoms with Crippen LogP contribution in [0.3, 0.4) is 0 Å². The molecule has 0 spiro atoms. The summed E-state index contributed by atoms with van der Waals surface area (Å²) in [5, 5.41) is 0.0711. The average Bonchev–Trinajstić information content (AvgIpc) is 3.35. The fourth-order valence-corrected chi connectivity index (χ4v) is 9.10. The Morgan fingerprint density at radius 2 is 1.41 bits per heavy atom. The molecule has 2 saturated heterocycles. The van der Waals surface area contributed by atoms with Crippen molar-refractivity contribution >= 4 is 39.9 Å². The molecule has 4 atom stereocenters. The van der Waals surface area contributed by atoms with E-state index in [1.54, 1.807) is 0 Å². The molecule has 0 aromatic heterocycles. The summed E-state index contributed by atoms with van der Waals surface area (Å²) in [4.78, 5) is 30.7. The van der Waals surface area contributed by atoms with Crippen LogP contribution in [0.2, 0.25) is 22.9 Å². The molecule has 2 aliphatic rings.